The van der Waals surface area contributed by atoms with Crippen molar-refractivity contribution in [2.45, 2.75) is 18.3 Å². The Balaban J connectivity index is 2.15. The Bertz CT molecular complexity index is 228. The molecular weight excluding hydrogens is 142 g/mol. The van der Waals surface area contributed by atoms with Crippen molar-refractivity contribution in [1.29, 1.82) is 0 Å². The standard InChI is InChI=1S/C7H11N3O/c8-11-5-7(1-2-7)6-9-3-4-10-6/h3-4H,1-2,5,8H2,(H,9,10). The molecule has 0 aromatic carbocycles. The Morgan fingerprint density at radius 2 is 2.55 bits per heavy atom. The summed E-state index contributed by atoms with van der Waals surface area (Å²) in [7, 11) is 0. The van der Waals surface area contributed by atoms with Crippen LogP contribution in [-0.4, -0.2) is 16.6 Å². The van der Waals surface area contributed by atoms with E-state index in [1.807, 2.05) is 6.20 Å². The van der Waals surface area contributed by atoms with Crippen LogP contribution in [0.3, 0.4) is 0 Å². The second-order valence-corrected chi connectivity index (χ2v) is 3.03. The third-order valence-electron chi connectivity index (χ3n) is 2.21. The molecule has 3 N–H and O–H groups in total. The second kappa shape index (κ2) is 2.32. The molecule has 1 fully saturated rings. The lowest BCUT2D eigenvalue weighted by Gasteiger charge is -2.08. The summed E-state index contributed by atoms with van der Waals surface area (Å²) in [6, 6.07) is 0. The zero-order valence-electron chi connectivity index (χ0n) is 6.21. The minimum Gasteiger partial charge on any atom is -0.348 e. The summed E-state index contributed by atoms with van der Waals surface area (Å²) in [4.78, 5) is 11.9. The summed E-state index contributed by atoms with van der Waals surface area (Å²) < 4.78 is 0. The largest absolute Gasteiger partial charge is 0.348 e. The van der Waals surface area contributed by atoms with Crippen molar-refractivity contribution in [3.8, 4) is 0 Å². The van der Waals surface area contributed by atoms with Crippen molar-refractivity contribution in [1.82, 2.24) is 9.97 Å². The average Bonchev–Trinajstić information content (AvgIpc) is 2.63. The molecule has 4 heteroatoms. The van der Waals surface area contributed by atoms with E-state index in [1.165, 1.54) is 0 Å². The van der Waals surface area contributed by atoms with Crippen LogP contribution < -0.4 is 5.90 Å². The fourth-order valence-corrected chi connectivity index (χ4v) is 1.32. The molecule has 0 unspecified atom stereocenters. The minimum atomic E-state index is 0.109. The Labute approximate surface area is 64.7 Å². The van der Waals surface area contributed by atoms with Crippen molar-refractivity contribution in [2.24, 2.45) is 5.90 Å². The molecule has 0 radical (unpaired) electrons. The molecule has 1 saturated carbocycles. The topological polar surface area (TPSA) is 63.9 Å². The Hall–Kier alpha value is -0.870. The molecule has 0 bridgehead atoms. The molecular formula is C7H11N3O. The van der Waals surface area contributed by atoms with E-state index in [9.17, 15) is 0 Å². The van der Waals surface area contributed by atoms with Crippen LogP contribution in [0.25, 0.3) is 0 Å². The van der Waals surface area contributed by atoms with Gasteiger partial charge >= 0.3 is 0 Å². The second-order valence-electron chi connectivity index (χ2n) is 3.03. The van der Waals surface area contributed by atoms with E-state index in [0.717, 1.165) is 18.7 Å². The summed E-state index contributed by atoms with van der Waals surface area (Å²) in [5.41, 5.74) is 0.109. The van der Waals surface area contributed by atoms with E-state index >= 15 is 0 Å². The van der Waals surface area contributed by atoms with Crippen molar-refractivity contribution in [2.75, 3.05) is 6.61 Å². The maximum Gasteiger partial charge on any atom is 0.114 e. The third kappa shape index (κ3) is 1.04. The van der Waals surface area contributed by atoms with Gasteiger partial charge in [-0.3, -0.25) is 0 Å². The molecule has 1 aromatic heterocycles. The molecule has 4 nitrogen and oxygen atoms in total. The number of rotatable bonds is 3. The average molecular weight is 153 g/mol. The molecule has 11 heavy (non-hydrogen) atoms. The molecule has 60 valence electrons. The predicted molar refractivity (Wildman–Crippen MR) is 39.6 cm³/mol. The first kappa shape index (κ1) is 6.82. The maximum atomic E-state index is 5.02. The number of aromatic amines is 1. The van der Waals surface area contributed by atoms with Crippen LogP contribution in [-0.2, 0) is 10.3 Å². The van der Waals surface area contributed by atoms with Crippen LogP contribution in [0.15, 0.2) is 12.4 Å². The first-order valence-corrected chi connectivity index (χ1v) is 3.69. The van der Waals surface area contributed by atoms with Crippen LogP contribution in [0.5, 0.6) is 0 Å². The van der Waals surface area contributed by atoms with Gasteiger partial charge in [0.1, 0.15) is 5.82 Å². The van der Waals surface area contributed by atoms with Gasteiger partial charge in [-0.2, -0.15) is 0 Å². The van der Waals surface area contributed by atoms with Crippen LogP contribution in [0, 0.1) is 0 Å². The lowest BCUT2D eigenvalue weighted by molar-refractivity contribution is 0.114. The fraction of sp³-hybridized carbons (Fsp3) is 0.571. The van der Waals surface area contributed by atoms with Crippen molar-refractivity contribution >= 4 is 0 Å². The quantitative estimate of drug-likeness (QED) is 0.615. The lowest BCUT2D eigenvalue weighted by atomic mass is 10.1. The van der Waals surface area contributed by atoms with Gasteiger partial charge in [-0.25, -0.2) is 10.9 Å². The van der Waals surface area contributed by atoms with Gasteiger partial charge in [-0.15, -0.1) is 0 Å². The highest BCUT2D eigenvalue weighted by Gasteiger charge is 2.46. The highest BCUT2D eigenvalue weighted by atomic mass is 16.6. The maximum absolute atomic E-state index is 5.02. The highest BCUT2D eigenvalue weighted by Crippen LogP contribution is 2.46. The Morgan fingerprint density at radius 3 is 3.00 bits per heavy atom. The first-order valence-electron chi connectivity index (χ1n) is 3.69. The number of hydrogen-bond acceptors (Lipinski definition) is 3. The van der Waals surface area contributed by atoms with Crippen LogP contribution in [0.1, 0.15) is 18.7 Å². The number of nitrogens with zero attached hydrogens (tertiary/aromatic N) is 1. The van der Waals surface area contributed by atoms with Crippen LogP contribution in [0.4, 0.5) is 0 Å². The zero-order chi connectivity index (χ0) is 7.73. The van der Waals surface area contributed by atoms with E-state index in [0.29, 0.717) is 6.61 Å². The van der Waals surface area contributed by atoms with Gasteiger partial charge in [-0.05, 0) is 12.8 Å². The van der Waals surface area contributed by atoms with Gasteiger partial charge in [0, 0.05) is 12.4 Å². The third-order valence-corrected chi connectivity index (χ3v) is 2.21. The van der Waals surface area contributed by atoms with Crippen LogP contribution in [0.2, 0.25) is 0 Å². The smallest absolute Gasteiger partial charge is 0.114 e. The number of imidazole rings is 1. The molecule has 0 spiro atoms. The molecule has 2 rings (SSSR count). The number of hydrogen-bond donors (Lipinski definition) is 2. The van der Waals surface area contributed by atoms with Crippen molar-refractivity contribution in [3.05, 3.63) is 18.2 Å². The van der Waals surface area contributed by atoms with E-state index in [4.69, 9.17) is 5.90 Å². The summed E-state index contributed by atoms with van der Waals surface area (Å²) in [5.74, 6) is 6.02. The normalized spacial score (nSPS) is 20.1. The molecule has 0 amide bonds. The van der Waals surface area contributed by atoms with Crippen LogP contribution >= 0.6 is 0 Å². The Morgan fingerprint density at radius 1 is 1.73 bits per heavy atom. The van der Waals surface area contributed by atoms with Crippen molar-refractivity contribution < 1.29 is 4.84 Å². The van der Waals surface area contributed by atoms with Gasteiger partial charge < -0.3 is 9.82 Å². The van der Waals surface area contributed by atoms with Gasteiger partial charge in [0.2, 0.25) is 0 Å². The molecule has 0 atom stereocenters. The number of aromatic nitrogens is 2. The monoisotopic (exact) mass is 153 g/mol. The zero-order valence-corrected chi connectivity index (χ0v) is 6.21. The van der Waals surface area contributed by atoms with Gasteiger partial charge in [-0.1, -0.05) is 0 Å². The summed E-state index contributed by atoms with van der Waals surface area (Å²) in [6.45, 7) is 0.570. The molecule has 0 aliphatic heterocycles. The fourth-order valence-electron chi connectivity index (χ4n) is 1.32. The molecule has 1 heterocycles. The van der Waals surface area contributed by atoms with E-state index in [-0.39, 0.29) is 5.41 Å². The number of nitrogens with one attached hydrogen (secondary N) is 1. The minimum absolute atomic E-state index is 0.109. The molecule has 1 aliphatic carbocycles. The number of H-pyrrole nitrogens is 1. The summed E-state index contributed by atoms with van der Waals surface area (Å²) in [6.07, 6.45) is 5.83. The first-order chi connectivity index (χ1) is 5.37. The van der Waals surface area contributed by atoms with E-state index in [2.05, 4.69) is 14.8 Å². The summed E-state index contributed by atoms with van der Waals surface area (Å²) in [5, 5.41) is 0. The SMILES string of the molecule is NOCC1(c2ncc[nH]2)CC1. The Kier molecular flexibility index (Phi) is 1.44. The van der Waals surface area contributed by atoms with Crippen molar-refractivity contribution in [3.63, 3.8) is 0 Å². The van der Waals surface area contributed by atoms with E-state index in [1.54, 1.807) is 6.20 Å². The van der Waals surface area contributed by atoms with Gasteiger partial charge in [0.15, 0.2) is 0 Å². The highest BCUT2D eigenvalue weighted by molar-refractivity contribution is 5.17. The van der Waals surface area contributed by atoms with Gasteiger partial charge in [0.25, 0.3) is 0 Å². The summed E-state index contributed by atoms with van der Waals surface area (Å²) >= 11 is 0. The number of nitrogens with two attached hydrogens (primary N) is 1. The van der Waals surface area contributed by atoms with Gasteiger partial charge in [0.05, 0.1) is 12.0 Å². The molecule has 1 aromatic rings. The van der Waals surface area contributed by atoms with E-state index < -0.39 is 0 Å². The molecule has 0 saturated heterocycles. The molecule has 1 aliphatic rings. The lowest BCUT2D eigenvalue weighted by Crippen LogP contribution is -2.19. The predicted octanol–water partition coefficient (Wildman–Crippen LogP) is 0.332.